The zero-order valence-corrected chi connectivity index (χ0v) is 11.6. The summed E-state index contributed by atoms with van der Waals surface area (Å²) in [6.07, 6.45) is 3.13. The number of anilines is 2. The normalized spacial score (nSPS) is 18.2. The van der Waals surface area contributed by atoms with Gasteiger partial charge in [0.05, 0.1) is 11.4 Å². The largest absolute Gasteiger partial charge is 0.323 e. The Hall–Kier alpha value is -1.46. The monoisotopic (exact) mass is 277 g/mol. The smallest absolute Gasteiger partial charge is 0.190 e. The molecule has 2 aromatic rings. The van der Waals surface area contributed by atoms with Gasteiger partial charge in [0, 0.05) is 18.0 Å². The molecule has 100 valence electrons. The fourth-order valence-corrected chi connectivity index (χ4v) is 3.56. The van der Waals surface area contributed by atoms with Crippen LogP contribution < -0.4 is 10.6 Å². The summed E-state index contributed by atoms with van der Waals surface area (Å²) in [5.41, 5.74) is 7.62. The van der Waals surface area contributed by atoms with Crippen molar-refractivity contribution in [1.29, 1.82) is 0 Å². The average Bonchev–Trinajstić information content (AvgIpc) is 2.84. The molecule has 5 heteroatoms. The lowest BCUT2D eigenvalue weighted by Gasteiger charge is -2.16. The summed E-state index contributed by atoms with van der Waals surface area (Å²) in [5, 5.41) is 0.812. The van der Waals surface area contributed by atoms with Crippen LogP contribution >= 0.6 is 11.3 Å². The Morgan fingerprint density at radius 3 is 2.95 bits per heavy atom. The Kier molecular flexibility index (Phi) is 3.24. The van der Waals surface area contributed by atoms with E-state index < -0.39 is 0 Å². The number of fused-ring (bicyclic) bond motifs is 1. The van der Waals surface area contributed by atoms with Gasteiger partial charge in [-0.2, -0.15) is 0 Å². The third kappa shape index (κ3) is 2.24. The molecule has 0 saturated carbocycles. The fraction of sp³-hybridized carbons (Fsp3) is 0.357. The Bertz CT molecular complexity index is 596. The van der Waals surface area contributed by atoms with Crippen LogP contribution in [0.15, 0.2) is 24.3 Å². The molecule has 2 N–H and O–H groups in total. The maximum Gasteiger partial charge on any atom is 0.190 e. The summed E-state index contributed by atoms with van der Waals surface area (Å²) >= 11 is 1.62. The molecule has 1 unspecified atom stereocenters. The predicted octanol–water partition coefficient (Wildman–Crippen LogP) is 3.39. The van der Waals surface area contributed by atoms with Gasteiger partial charge >= 0.3 is 0 Å². The number of para-hydroxylation sites is 1. The molecule has 0 radical (unpaired) electrons. The van der Waals surface area contributed by atoms with Crippen LogP contribution in [0.1, 0.15) is 29.5 Å². The summed E-state index contributed by atoms with van der Waals surface area (Å²) in [6, 6.07) is 6.77. The average molecular weight is 277 g/mol. The van der Waals surface area contributed by atoms with E-state index in [2.05, 4.69) is 4.98 Å². The lowest BCUT2D eigenvalue weighted by Crippen LogP contribution is -2.17. The summed E-state index contributed by atoms with van der Waals surface area (Å²) in [6.45, 7) is 0. The van der Waals surface area contributed by atoms with Crippen molar-refractivity contribution in [1.82, 2.24) is 4.98 Å². The van der Waals surface area contributed by atoms with Crippen LogP contribution in [0.3, 0.4) is 0 Å². The standard InChI is InChI=1S/C14H16FN3S/c1-18(11-7-3-2-5-9(11)15)14-17-13-10(16)6-4-8-12(13)19-14/h2-3,5,7,10H,4,6,8,16H2,1H3. The number of aryl methyl sites for hydroxylation is 1. The molecule has 0 aliphatic heterocycles. The lowest BCUT2D eigenvalue weighted by molar-refractivity contribution is 0.563. The minimum absolute atomic E-state index is 0.0303. The van der Waals surface area contributed by atoms with E-state index in [-0.39, 0.29) is 11.9 Å². The van der Waals surface area contributed by atoms with E-state index in [0.717, 1.165) is 30.1 Å². The molecule has 0 amide bonds. The zero-order chi connectivity index (χ0) is 13.4. The SMILES string of the molecule is CN(c1nc2c(s1)CCCC2N)c1ccccc1F. The van der Waals surface area contributed by atoms with Crippen molar-refractivity contribution in [3.05, 3.63) is 40.7 Å². The molecule has 1 aliphatic carbocycles. The van der Waals surface area contributed by atoms with Crippen LogP contribution in [0, 0.1) is 5.82 Å². The van der Waals surface area contributed by atoms with Gasteiger partial charge in [-0.1, -0.05) is 12.1 Å². The number of nitrogens with two attached hydrogens (primary N) is 1. The summed E-state index contributed by atoms with van der Waals surface area (Å²) < 4.78 is 13.8. The van der Waals surface area contributed by atoms with Crippen molar-refractivity contribution in [2.24, 2.45) is 5.73 Å². The Morgan fingerprint density at radius 2 is 2.21 bits per heavy atom. The first kappa shape index (κ1) is 12.6. The third-order valence-corrected chi connectivity index (χ3v) is 4.69. The van der Waals surface area contributed by atoms with E-state index in [1.54, 1.807) is 28.4 Å². The van der Waals surface area contributed by atoms with Crippen molar-refractivity contribution in [2.75, 3.05) is 11.9 Å². The van der Waals surface area contributed by atoms with E-state index in [1.807, 2.05) is 13.1 Å². The second-order valence-corrected chi connectivity index (χ2v) is 5.88. The van der Waals surface area contributed by atoms with E-state index in [0.29, 0.717) is 5.69 Å². The van der Waals surface area contributed by atoms with Crippen LogP contribution in [0.4, 0.5) is 15.2 Å². The van der Waals surface area contributed by atoms with Crippen molar-refractivity contribution < 1.29 is 4.39 Å². The molecule has 0 fully saturated rings. The highest BCUT2D eigenvalue weighted by Gasteiger charge is 2.23. The number of rotatable bonds is 2. The van der Waals surface area contributed by atoms with Gasteiger partial charge in [0.1, 0.15) is 5.82 Å². The Balaban J connectivity index is 1.97. The highest BCUT2D eigenvalue weighted by Crippen LogP contribution is 2.37. The van der Waals surface area contributed by atoms with Gasteiger partial charge < -0.3 is 10.6 Å². The molecule has 0 saturated heterocycles. The first-order valence-corrected chi connectivity index (χ1v) is 7.22. The van der Waals surface area contributed by atoms with Gasteiger partial charge in [0.2, 0.25) is 0 Å². The van der Waals surface area contributed by atoms with Crippen LogP contribution in [-0.2, 0) is 6.42 Å². The summed E-state index contributed by atoms with van der Waals surface area (Å²) in [7, 11) is 1.84. The van der Waals surface area contributed by atoms with E-state index in [9.17, 15) is 4.39 Å². The maximum atomic E-state index is 13.8. The zero-order valence-electron chi connectivity index (χ0n) is 10.8. The minimum Gasteiger partial charge on any atom is -0.323 e. The molecule has 0 spiro atoms. The number of aromatic nitrogens is 1. The second kappa shape index (κ2) is 4.90. The minimum atomic E-state index is -0.234. The van der Waals surface area contributed by atoms with Gasteiger partial charge in [-0.15, -0.1) is 11.3 Å². The maximum absolute atomic E-state index is 13.8. The van der Waals surface area contributed by atoms with Crippen LogP contribution in [0.2, 0.25) is 0 Å². The summed E-state index contributed by atoms with van der Waals surface area (Å²) in [4.78, 5) is 7.65. The van der Waals surface area contributed by atoms with Crippen LogP contribution in [-0.4, -0.2) is 12.0 Å². The van der Waals surface area contributed by atoms with Crippen LogP contribution in [0.25, 0.3) is 0 Å². The number of benzene rings is 1. The van der Waals surface area contributed by atoms with E-state index in [4.69, 9.17) is 5.73 Å². The van der Waals surface area contributed by atoms with Crippen molar-refractivity contribution >= 4 is 22.2 Å². The van der Waals surface area contributed by atoms with Crippen molar-refractivity contribution in [2.45, 2.75) is 25.3 Å². The van der Waals surface area contributed by atoms with Crippen molar-refractivity contribution in [3.63, 3.8) is 0 Å². The predicted molar refractivity (Wildman–Crippen MR) is 76.4 cm³/mol. The molecule has 1 aromatic carbocycles. The number of hydrogen-bond donors (Lipinski definition) is 1. The molecule has 1 heterocycles. The molecule has 1 atom stereocenters. The summed E-state index contributed by atoms with van der Waals surface area (Å²) in [5.74, 6) is -0.234. The highest BCUT2D eigenvalue weighted by atomic mass is 32.1. The lowest BCUT2D eigenvalue weighted by atomic mass is 9.99. The van der Waals surface area contributed by atoms with Gasteiger partial charge in [-0.05, 0) is 31.4 Å². The highest BCUT2D eigenvalue weighted by molar-refractivity contribution is 7.15. The Morgan fingerprint density at radius 1 is 1.42 bits per heavy atom. The van der Waals surface area contributed by atoms with Gasteiger partial charge in [0.25, 0.3) is 0 Å². The fourth-order valence-electron chi connectivity index (χ4n) is 2.41. The van der Waals surface area contributed by atoms with Gasteiger partial charge in [-0.3, -0.25) is 0 Å². The molecule has 1 aromatic heterocycles. The van der Waals surface area contributed by atoms with E-state index >= 15 is 0 Å². The van der Waals surface area contributed by atoms with Gasteiger partial charge in [-0.25, -0.2) is 9.37 Å². The molecule has 19 heavy (non-hydrogen) atoms. The second-order valence-electron chi connectivity index (χ2n) is 4.81. The number of hydrogen-bond acceptors (Lipinski definition) is 4. The van der Waals surface area contributed by atoms with Gasteiger partial charge in [0.15, 0.2) is 5.13 Å². The quantitative estimate of drug-likeness (QED) is 0.915. The van der Waals surface area contributed by atoms with Crippen LogP contribution in [0.5, 0.6) is 0 Å². The molecule has 1 aliphatic rings. The molecule has 3 rings (SSSR count). The topological polar surface area (TPSA) is 42.2 Å². The number of halogens is 1. The third-order valence-electron chi connectivity index (χ3n) is 3.49. The van der Waals surface area contributed by atoms with Crippen molar-refractivity contribution in [3.8, 4) is 0 Å². The first-order valence-electron chi connectivity index (χ1n) is 6.40. The number of thiazole rings is 1. The Labute approximate surface area is 115 Å². The molecule has 0 bridgehead atoms. The molecular weight excluding hydrogens is 261 g/mol. The number of nitrogens with zero attached hydrogens (tertiary/aromatic N) is 2. The molecule has 3 nitrogen and oxygen atoms in total. The van der Waals surface area contributed by atoms with E-state index in [1.165, 1.54) is 10.9 Å². The molecular formula is C14H16FN3S. The first-order chi connectivity index (χ1) is 9.16.